The topological polar surface area (TPSA) is 67.3 Å². The lowest BCUT2D eigenvalue weighted by atomic mass is 10.0. The van der Waals surface area contributed by atoms with E-state index in [-0.39, 0.29) is 6.17 Å². The number of nitrogens with zero attached hydrogens (tertiary/aromatic N) is 3. The highest BCUT2D eigenvalue weighted by Gasteiger charge is 2.28. The first-order valence-corrected chi connectivity index (χ1v) is 10.2. The second-order valence-corrected chi connectivity index (χ2v) is 8.36. The molecule has 0 saturated carbocycles. The monoisotopic (exact) mass is 402 g/mol. The summed E-state index contributed by atoms with van der Waals surface area (Å²) in [5.41, 5.74) is 1.33. The van der Waals surface area contributed by atoms with Crippen molar-refractivity contribution in [3.63, 3.8) is 0 Å². The highest BCUT2D eigenvalue weighted by atomic mass is 16.6. The van der Waals surface area contributed by atoms with Gasteiger partial charge in [0.1, 0.15) is 11.8 Å². The molecule has 1 atom stereocenters. The number of hydrogen-bond donors (Lipinski definition) is 1. The summed E-state index contributed by atoms with van der Waals surface area (Å²) in [6.07, 6.45) is 5.70. The van der Waals surface area contributed by atoms with Gasteiger partial charge in [-0.1, -0.05) is 36.4 Å². The number of nitrogens with one attached hydrogen (secondary N) is 1. The number of piperidine rings is 1. The SMILES string of the molecule is CC(C)(C)OC(=O)NC1C[C]CCN1c1nccc(-c2ccc3ccccc3c2)n1. The molecule has 6 heteroatoms. The zero-order chi connectivity index (χ0) is 21.1. The number of alkyl carbamates (subject to hydrolysis) is 1. The van der Waals surface area contributed by atoms with Crippen LogP contribution in [0.1, 0.15) is 33.6 Å². The molecule has 2 heterocycles. The van der Waals surface area contributed by atoms with Crippen molar-refractivity contribution in [2.75, 3.05) is 11.4 Å². The molecule has 4 rings (SSSR count). The molecule has 2 radical (unpaired) electrons. The van der Waals surface area contributed by atoms with Crippen LogP contribution in [0.4, 0.5) is 10.7 Å². The van der Waals surface area contributed by atoms with Gasteiger partial charge in [-0.2, -0.15) is 0 Å². The Kier molecular flexibility index (Phi) is 5.57. The quantitative estimate of drug-likeness (QED) is 0.680. The van der Waals surface area contributed by atoms with Crippen molar-refractivity contribution in [1.82, 2.24) is 15.3 Å². The minimum absolute atomic E-state index is 0.291. The molecule has 1 amide bonds. The molecule has 30 heavy (non-hydrogen) atoms. The van der Waals surface area contributed by atoms with Crippen LogP contribution < -0.4 is 10.2 Å². The highest BCUT2D eigenvalue weighted by molar-refractivity contribution is 5.86. The van der Waals surface area contributed by atoms with Gasteiger partial charge in [-0.3, -0.25) is 0 Å². The van der Waals surface area contributed by atoms with Crippen LogP contribution in [0.3, 0.4) is 0 Å². The largest absolute Gasteiger partial charge is 0.444 e. The van der Waals surface area contributed by atoms with Crippen molar-refractivity contribution in [3.05, 3.63) is 61.1 Å². The van der Waals surface area contributed by atoms with E-state index in [1.54, 1.807) is 6.20 Å². The Morgan fingerprint density at radius 2 is 1.97 bits per heavy atom. The van der Waals surface area contributed by atoms with Crippen molar-refractivity contribution < 1.29 is 9.53 Å². The van der Waals surface area contributed by atoms with Gasteiger partial charge in [0.2, 0.25) is 5.95 Å². The molecule has 0 bridgehead atoms. The van der Waals surface area contributed by atoms with E-state index >= 15 is 0 Å². The van der Waals surface area contributed by atoms with Gasteiger partial charge in [0.05, 0.1) is 5.69 Å². The number of ether oxygens (including phenoxy) is 1. The second-order valence-electron chi connectivity index (χ2n) is 8.36. The summed E-state index contributed by atoms with van der Waals surface area (Å²) >= 11 is 0. The summed E-state index contributed by atoms with van der Waals surface area (Å²) in [5.74, 6) is 0.586. The van der Waals surface area contributed by atoms with Crippen LogP contribution in [0.5, 0.6) is 0 Å². The highest BCUT2D eigenvalue weighted by Crippen LogP contribution is 2.26. The Labute approximate surface area is 177 Å². The number of rotatable bonds is 3. The third kappa shape index (κ3) is 4.70. The fourth-order valence-electron chi connectivity index (χ4n) is 3.51. The van der Waals surface area contributed by atoms with Crippen LogP contribution in [0.25, 0.3) is 22.0 Å². The third-order valence-electron chi connectivity index (χ3n) is 4.87. The molecule has 0 aliphatic carbocycles. The third-order valence-corrected chi connectivity index (χ3v) is 4.87. The number of aromatic nitrogens is 2. The van der Waals surface area contributed by atoms with Crippen LogP contribution >= 0.6 is 0 Å². The first-order valence-electron chi connectivity index (χ1n) is 10.2. The lowest BCUT2D eigenvalue weighted by Crippen LogP contribution is -2.52. The van der Waals surface area contributed by atoms with Gasteiger partial charge in [-0.15, -0.1) is 0 Å². The molecule has 1 fully saturated rings. The average molecular weight is 402 g/mol. The summed E-state index contributed by atoms with van der Waals surface area (Å²) in [6.45, 7) is 6.22. The number of hydrogen-bond acceptors (Lipinski definition) is 5. The van der Waals surface area contributed by atoms with Crippen LogP contribution in [0.15, 0.2) is 54.7 Å². The molecule has 6 nitrogen and oxygen atoms in total. The van der Waals surface area contributed by atoms with Crippen LogP contribution in [-0.2, 0) is 4.74 Å². The first kappa shape index (κ1) is 20.1. The smallest absolute Gasteiger partial charge is 0.409 e. The summed E-state index contributed by atoms with van der Waals surface area (Å²) in [4.78, 5) is 23.6. The number of fused-ring (bicyclic) bond motifs is 1. The number of anilines is 1. The van der Waals surface area contributed by atoms with Gasteiger partial charge < -0.3 is 15.0 Å². The molecular formula is C24H26N4O2. The van der Waals surface area contributed by atoms with E-state index in [1.807, 2.05) is 43.9 Å². The zero-order valence-corrected chi connectivity index (χ0v) is 17.6. The van der Waals surface area contributed by atoms with Gasteiger partial charge in [0, 0.05) is 18.3 Å². The minimum atomic E-state index is -0.552. The van der Waals surface area contributed by atoms with E-state index in [1.165, 1.54) is 10.8 Å². The normalized spacial score (nSPS) is 17.0. The van der Waals surface area contributed by atoms with E-state index in [2.05, 4.69) is 47.1 Å². The molecule has 0 spiro atoms. The maximum atomic E-state index is 12.3. The molecule has 3 aromatic rings. The van der Waals surface area contributed by atoms with Crippen molar-refractivity contribution in [2.45, 2.75) is 45.4 Å². The fraction of sp³-hybridized carbons (Fsp3) is 0.333. The molecular weight excluding hydrogens is 376 g/mol. The first-order chi connectivity index (χ1) is 14.4. The van der Waals surface area contributed by atoms with E-state index in [9.17, 15) is 4.79 Å². The summed E-state index contributed by atoms with van der Waals surface area (Å²) in [7, 11) is 0. The van der Waals surface area contributed by atoms with E-state index in [0.717, 1.165) is 17.7 Å². The lowest BCUT2D eigenvalue weighted by Gasteiger charge is -2.36. The summed E-state index contributed by atoms with van der Waals surface area (Å²) in [5, 5.41) is 5.29. The van der Waals surface area contributed by atoms with Gasteiger partial charge >= 0.3 is 6.09 Å². The Bertz CT molecular complexity index is 1040. The van der Waals surface area contributed by atoms with Crippen LogP contribution in [0, 0.1) is 6.42 Å². The van der Waals surface area contributed by atoms with E-state index in [4.69, 9.17) is 9.72 Å². The number of amides is 1. The van der Waals surface area contributed by atoms with Crippen LogP contribution in [0.2, 0.25) is 0 Å². The Hall–Kier alpha value is -3.15. The number of carbonyl (C=O) groups is 1. The molecule has 1 aliphatic heterocycles. The molecule has 1 aromatic heterocycles. The standard InChI is InChI=1S/C24H26N4O2/c1-24(2,3)30-23(29)27-21-10-6-7-15-28(21)22-25-14-13-20(26-22)19-12-11-17-8-4-5-9-18(17)16-19/h4-5,8-9,11-14,16,21H,7,10,15H2,1-3H3,(H,27,29). The Balaban J connectivity index is 1.58. The van der Waals surface area contributed by atoms with Crippen molar-refractivity contribution in [2.24, 2.45) is 0 Å². The minimum Gasteiger partial charge on any atom is -0.444 e. The maximum Gasteiger partial charge on any atom is 0.409 e. The van der Waals surface area contributed by atoms with E-state index in [0.29, 0.717) is 18.9 Å². The van der Waals surface area contributed by atoms with Gasteiger partial charge in [0.25, 0.3) is 0 Å². The molecule has 1 saturated heterocycles. The fourth-order valence-corrected chi connectivity index (χ4v) is 3.51. The van der Waals surface area contributed by atoms with Crippen LogP contribution in [-0.4, -0.2) is 34.4 Å². The van der Waals surface area contributed by atoms with E-state index < -0.39 is 11.7 Å². The zero-order valence-electron chi connectivity index (χ0n) is 17.6. The van der Waals surface area contributed by atoms with Crippen molar-refractivity contribution in [3.8, 4) is 11.3 Å². The predicted octanol–water partition coefficient (Wildman–Crippen LogP) is 4.83. The van der Waals surface area contributed by atoms with Gasteiger partial charge in [-0.05, 0) is 62.9 Å². The summed E-state index contributed by atoms with van der Waals surface area (Å²) < 4.78 is 5.41. The molecule has 154 valence electrons. The number of benzene rings is 2. The molecule has 2 aromatic carbocycles. The lowest BCUT2D eigenvalue weighted by molar-refractivity contribution is 0.0499. The number of carbonyl (C=O) groups excluding carboxylic acids is 1. The van der Waals surface area contributed by atoms with Gasteiger partial charge in [-0.25, -0.2) is 14.8 Å². The maximum absolute atomic E-state index is 12.3. The van der Waals surface area contributed by atoms with Gasteiger partial charge in [0.15, 0.2) is 0 Å². The summed E-state index contributed by atoms with van der Waals surface area (Å²) in [6, 6.07) is 16.5. The molecule has 1 N–H and O–H groups in total. The molecule has 1 aliphatic rings. The average Bonchev–Trinajstić information content (AvgIpc) is 2.72. The van der Waals surface area contributed by atoms with Crippen molar-refractivity contribution >= 4 is 22.8 Å². The second kappa shape index (κ2) is 8.30. The van der Waals surface area contributed by atoms with Crippen molar-refractivity contribution in [1.29, 1.82) is 0 Å². The predicted molar refractivity (Wildman–Crippen MR) is 118 cm³/mol. The Morgan fingerprint density at radius 3 is 2.77 bits per heavy atom. The Morgan fingerprint density at radius 1 is 1.17 bits per heavy atom. The molecule has 1 unspecified atom stereocenters.